The van der Waals surface area contributed by atoms with Gasteiger partial charge >= 0.3 is 12.1 Å². The van der Waals surface area contributed by atoms with E-state index in [0.717, 1.165) is 64.4 Å². The van der Waals surface area contributed by atoms with E-state index in [9.17, 15) is 27.9 Å². The van der Waals surface area contributed by atoms with Gasteiger partial charge in [0, 0.05) is 48.7 Å². The van der Waals surface area contributed by atoms with Gasteiger partial charge in [0.1, 0.15) is 5.75 Å². The Morgan fingerprint density at radius 2 is 1.47 bits per heavy atom. The molecule has 0 unspecified atom stereocenters. The molecule has 0 atom stereocenters. The van der Waals surface area contributed by atoms with Crippen LogP contribution in [0.25, 0.3) is 22.0 Å². The van der Waals surface area contributed by atoms with Crippen molar-refractivity contribution in [3.8, 4) is 16.9 Å². The van der Waals surface area contributed by atoms with Crippen molar-refractivity contribution in [3.05, 3.63) is 126 Å². The highest BCUT2D eigenvalue weighted by atomic mass is 19.4. The third-order valence-electron chi connectivity index (χ3n) is 8.66. The maximum atomic E-state index is 13.7. The summed E-state index contributed by atoms with van der Waals surface area (Å²) >= 11 is 0. The first-order valence-electron chi connectivity index (χ1n) is 17.5. The average molecular weight is 731 g/mol. The normalized spacial score (nSPS) is 11.1. The maximum absolute atomic E-state index is 13.7. The molecule has 0 fully saturated rings. The van der Waals surface area contributed by atoms with Crippen LogP contribution in [0.1, 0.15) is 59.2 Å². The van der Waals surface area contributed by atoms with Gasteiger partial charge in [-0.2, -0.15) is 13.2 Å². The molecule has 2 amide bonds. The van der Waals surface area contributed by atoms with Crippen LogP contribution in [0.4, 0.5) is 13.2 Å². The monoisotopic (exact) mass is 730 g/mol. The molecule has 5 aromatic rings. The number of nitrogens with two attached hydrogens (primary N) is 1. The second-order valence-corrected chi connectivity index (χ2v) is 12.6. The number of para-hydroxylation sites is 1. The Morgan fingerprint density at radius 1 is 0.792 bits per heavy atom. The van der Waals surface area contributed by atoms with Crippen LogP contribution in [0.3, 0.4) is 0 Å². The number of phenols is 1. The van der Waals surface area contributed by atoms with Crippen molar-refractivity contribution in [3.63, 3.8) is 0 Å². The van der Waals surface area contributed by atoms with Gasteiger partial charge in [0.25, 0.3) is 5.91 Å². The van der Waals surface area contributed by atoms with Crippen LogP contribution in [0.15, 0.2) is 103 Å². The van der Waals surface area contributed by atoms with Crippen molar-refractivity contribution >= 4 is 28.7 Å². The topological polar surface area (TPSA) is 149 Å². The smallest absolute Gasteiger partial charge is 0.490 e. The molecule has 0 bridgehead atoms. The molecule has 1 aromatic heterocycles. The fourth-order valence-corrected chi connectivity index (χ4v) is 5.79. The number of fused-ring (bicyclic) bond motifs is 1. The molecule has 0 saturated carbocycles. The third-order valence-corrected chi connectivity index (χ3v) is 8.66. The number of halogens is 3. The fourth-order valence-electron chi connectivity index (χ4n) is 5.79. The molecule has 4 aromatic carbocycles. The summed E-state index contributed by atoms with van der Waals surface area (Å²) in [6.45, 7) is 2.39. The zero-order chi connectivity index (χ0) is 38.2. The van der Waals surface area contributed by atoms with Gasteiger partial charge in [-0.05, 0) is 96.4 Å². The third kappa shape index (κ3) is 12.8. The number of nitrogens with zero attached hydrogens (tertiary/aromatic N) is 1. The van der Waals surface area contributed by atoms with E-state index >= 15 is 0 Å². The molecule has 12 heteroatoms. The number of hydrogen-bond donors (Lipinski definition) is 5. The molecular formula is C41H45F3N4O5. The average Bonchev–Trinajstić information content (AvgIpc) is 3.57. The standard InChI is InChI=1S/C39H44N4O3.C2HF3O2/c40-22-5-1-2-6-23-41-39(46)33-12-8-11-32(26-33)31-10-7-9-30(25-31)28-43(24-21-29-15-18-35(44)19-16-29)38(45)20-17-34-27-42-37-14-4-3-13-36(34)37;3-2(4,5)1(6)7/h3-4,7-16,18-19,25-27,42,44H,1-2,5-6,17,20-24,28,40H2,(H,41,46);(H,6,7). The number of aromatic hydroxyl groups is 1. The van der Waals surface area contributed by atoms with Gasteiger partial charge in [-0.15, -0.1) is 0 Å². The van der Waals surface area contributed by atoms with Gasteiger partial charge in [0.2, 0.25) is 5.91 Å². The number of nitrogens with one attached hydrogen (secondary N) is 2. The lowest BCUT2D eigenvalue weighted by Gasteiger charge is -2.23. The highest BCUT2D eigenvalue weighted by molar-refractivity contribution is 5.95. The first-order valence-corrected chi connectivity index (χ1v) is 17.5. The van der Waals surface area contributed by atoms with E-state index in [4.69, 9.17) is 15.6 Å². The van der Waals surface area contributed by atoms with Crippen LogP contribution < -0.4 is 11.1 Å². The number of aromatic amines is 1. The molecule has 0 aliphatic rings. The number of phenolic OH excluding ortho intramolecular Hbond substituents is 1. The van der Waals surface area contributed by atoms with Gasteiger partial charge in [-0.25, -0.2) is 4.79 Å². The summed E-state index contributed by atoms with van der Waals surface area (Å²) in [6.07, 6.45) is 2.76. The summed E-state index contributed by atoms with van der Waals surface area (Å²) in [4.78, 5) is 40.7. The van der Waals surface area contributed by atoms with Crippen molar-refractivity contribution in [1.82, 2.24) is 15.2 Å². The number of rotatable bonds is 16. The number of carbonyl (C=O) groups is 3. The van der Waals surface area contributed by atoms with Crippen LogP contribution in [0.2, 0.25) is 0 Å². The molecule has 0 radical (unpaired) electrons. The fraction of sp³-hybridized carbons (Fsp3) is 0.293. The SMILES string of the molecule is NCCCCCCNC(=O)c1cccc(-c2cccc(CN(CCc3ccc(O)cc3)C(=O)CCc3c[nH]c4ccccc34)c2)c1.O=C(O)C(F)(F)F. The largest absolute Gasteiger partial charge is 0.508 e. The number of hydrogen-bond acceptors (Lipinski definition) is 5. The Hall–Kier alpha value is -5.62. The number of aliphatic carboxylic acids is 1. The zero-order valence-corrected chi connectivity index (χ0v) is 29.4. The summed E-state index contributed by atoms with van der Waals surface area (Å²) in [5, 5.41) is 21.0. The van der Waals surface area contributed by atoms with Crippen molar-refractivity contribution in [2.24, 2.45) is 5.73 Å². The van der Waals surface area contributed by atoms with Crippen LogP contribution in [-0.2, 0) is 29.0 Å². The van der Waals surface area contributed by atoms with E-state index in [1.54, 1.807) is 12.1 Å². The number of alkyl halides is 3. The van der Waals surface area contributed by atoms with Crippen molar-refractivity contribution in [1.29, 1.82) is 0 Å². The van der Waals surface area contributed by atoms with Crippen LogP contribution >= 0.6 is 0 Å². The van der Waals surface area contributed by atoms with Crippen LogP contribution in [-0.4, -0.2) is 63.7 Å². The van der Waals surface area contributed by atoms with E-state index < -0.39 is 12.1 Å². The minimum absolute atomic E-state index is 0.0713. The summed E-state index contributed by atoms with van der Waals surface area (Å²) in [6, 6.07) is 31.2. The lowest BCUT2D eigenvalue weighted by atomic mass is 10.0. The molecule has 6 N–H and O–H groups in total. The van der Waals surface area contributed by atoms with E-state index in [2.05, 4.69) is 22.4 Å². The van der Waals surface area contributed by atoms with Crippen LogP contribution in [0, 0.1) is 0 Å². The Kier molecular flexibility index (Phi) is 15.0. The summed E-state index contributed by atoms with van der Waals surface area (Å²) < 4.78 is 31.7. The first kappa shape index (κ1) is 40.2. The van der Waals surface area contributed by atoms with Crippen LogP contribution in [0.5, 0.6) is 5.75 Å². The quantitative estimate of drug-likeness (QED) is 0.0660. The lowest BCUT2D eigenvalue weighted by molar-refractivity contribution is -0.192. The van der Waals surface area contributed by atoms with Gasteiger partial charge in [-0.3, -0.25) is 9.59 Å². The Labute approximate surface area is 306 Å². The summed E-state index contributed by atoms with van der Waals surface area (Å²) in [5.74, 6) is -2.51. The molecular weight excluding hydrogens is 685 g/mol. The van der Waals surface area contributed by atoms with E-state index in [1.165, 1.54) is 0 Å². The number of amides is 2. The zero-order valence-electron chi connectivity index (χ0n) is 29.4. The first-order chi connectivity index (χ1) is 25.4. The number of unbranched alkanes of at least 4 members (excludes halogenated alkanes) is 3. The molecule has 5 rings (SSSR count). The van der Waals surface area contributed by atoms with Gasteiger partial charge in [-0.1, -0.05) is 73.5 Å². The van der Waals surface area contributed by atoms with Gasteiger partial charge in [0.15, 0.2) is 0 Å². The molecule has 0 aliphatic carbocycles. The van der Waals surface area contributed by atoms with E-state index in [1.807, 2.05) is 83.9 Å². The Morgan fingerprint density at radius 3 is 2.19 bits per heavy atom. The second-order valence-electron chi connectivity index (χ2n) is 12.6. The predicted octanol–water partition coefficient (Wildman–Crippen LogP) is 7.63. The highest BCUT2D eigenvalue weighted by Gasteiger charge is 2.38. The molecule has 9 nitrogen and oxygen atoms in total. The number of carboxylic acids is 1. The minimum Gasteiger partial charge on any atom is -0.508 e. The predicted molar refractivity (Wildman–Crippen MR) is 199 cm³/mol. The Bertz CT molecular complexity index is 1940. The number of H-pyrrole nitrogens is 1. The number of benzene rings is 4. The van der Waals surface area contributed by atoms with Crippen molar-refractivity contribution in [2.75, 3.05) is 19.6 Å². The maximum Gasteiger partial charge on any atom is 0.490 e. The second kappa shape index (κ2) is 19.8. The molecule has 53 heavy (non-hydrogen) atoms. The number of aryl methyl sites for hydroxylation is 1. The van der Waals surface area contributed by atoms with Gasteiger partial charge < -0.3 is 31.1 Å². The van der Waals surface area contributed by atoms with Crippen molar-refractivity contribution in [2.45, 2.75) is 57.7 Å². The van der Waals surface area contributed by atoms with E-state index in [0.29, 0.717) is 51.0 Å². The molecule has 1 heterocycles. The van der Waals surface area contributed by atoms with Gasteiger partial charge in [0.05, 0.1) is 0 Å². The molecule has 0 aliphatic heterocycles. The summed E-state index contributed by atoms with van der Waals surface area (Å²) in [5.41, 5.74) is 12.5. The van der Waals surface area contributed by atoms with E-state index in [-0.39, 0.29) is 17.6 Å². The number of carbonyl (C=O) groups excluding carboxylic acids is 2. The highest BCUT2D eigenvalue weighted by Crippen LogP contribution is 2.24. The molecule has 280 valence electrons. The minimum atomic E-state index is -5.08. The molecule has 0 saturated heterocycles. The molecule has 0 spiro atoms. The number of aromatic nitrogens is 1. The number of carboxylic acid groups (broad SMARTS) is 1. The summed E-state index contributed by atoms with van der Waals surface area (Å²) in [7, 11) is 0. The lowest BCUT2D eigenvalue weighted by Crippen LogP contribution is -2.32. The van der Waals surface area contributed by atoms with Crippen molar-refractivity contribution < 1.29 is 37.8 Å². The Balaban J connectivity index is 0.000000815.